The van der Waals surface area contributed by atoms with Gasteiger partial charge in [-0.05, 0) is 44.9 Å². The molecule has 2 heteroatoms. The Morgan fingerprint density at radius 1 is 1.14 bits per heavy atom. The molecule has 3 atom stereocenters. The second-order valence-corrected chi connectivity index (χ2v) is 5.76. The second-order valence-electron chi connectivity index (χ2n) is 5.76. The molecule has 1 aliphatic heterocycles. The fourth-order valence-corrected chi connectivity index (χ4v) is 3.54. The summed E-state index contributed by atoms with van der Waals surface area (Å²) in [6.45, 7) is 7.16. The van der Waals surface area contributed by atoms with Gasteiger partial charge in [-0.15, -0.1) is 0 Å². The van der Waals surface area contributed by atoms with Crippen molar-refractivity contribution in [1.82, 2.24) is 5.32 Å². The van der Waals surface area contributed by atoms with Crippen molar-refractivity contribution in [2.45, 2.75) is 64.5 Å². The number of hydrogen-bond donors (Lipinski definition) is 1. The van der Waals surface area contributed by atoms with Crippen molar-refractivity contribution in [3.05, 3.63) is 0 Å². The van der Waals surface area contributed by atoms with Gasteiger partial charge in [0.1, 0.15) is 0 Å². The average Bonchev–Trinajstić information content (AvgIpc) is 2.02. The van der Waals surface area contributed by atoms with Crippen molar-refractivity contribution in [1.29, 1.82) is 0 Å². The van der Waals surface area contributed by atoms with E-state index in [0.29, 0.717) is 5.54 Å². The Morgan fingerprint density at radius 2 is 1.79 bits per heavy atom. The zero-order valence-electron chi connectivity index (χ0n) is 9.68. The Morgan fingerprint density at radius 3 is 2.50 bits per heavy atom. The van der Waals surface area contributed by atoms with Gasteiger partial charge >= 0.3 is 0 Å². The third-order valence-corrected chi connectivity index (χ3v) is 3.96. The summed E-state index contributed by atoms with van der Waals surface area (Å²) in [5, 5.41) is 3.83. The SMILES string of the molecule is CC1CC(C)(C)NC2CCCCC12.[Mo]. The first-order chi connectivity index (χ1) is 6.08. The van der Waals surface area contributed by atoms with Crippen molar-refractivity contribution in [3.8, 4) is 0 Å². The monoisotopic (exact) mass is 279 g/mol. The van der Waals surface area contributed by atoms with Crippen LogP contribution in [0.5, 0.6) is 0 Å². The number of nitrogens with one attached hydrogen (secondary N) is 1. The Hall–Kier alpha value is 0.648. The van der Waals surface area contributed by atoms with Crippen LogP contribution in [0.4, 0.5) is 0 Å². The Bertz CT molecular complexity index is 191. The smallest absolute Gasteiger partial charge is 0.0130 e. The molecule has 82 valence electrons. The summed E-state index contributed by atoms with van der Waals surface area (Å²) < 4.78 is 0. The molecule has 0 aromatic rings. The average molecular weight is 277 g/mol. The minimum absolute atomic E-state index is 0. The molecule has 0 aromatic heterocycles. The van der Waals surface area contributed by atoms with Crippen molar-refractivity contribution in [2.24, 2.45) is 11.8 Å². The van der Waals surface area contributed by atoms with Crippen LogP contribution in [0.25, 0.3) is 0 Å². The van der Waals surface area contributed by atoms with Gasteiger partial charge in [-0.25, -0.2) is 0 Å². The molecule has 1 saturated carbocycles. The molecule has 1 nitrogen and oxygen atoms in total. The van der Waals surface area contributed by atoms with E-state index in [1.165, 1.54) is 32.1 Å². The number of piperidine rings is 1. The van der Waals surface area contributed by atoms with Crippen LogP contribution < -0.4 is 5.32 Å². The largest absolute Gasteiger partial charge is 0.309 e. The molecule has 2 fully saturated rings. The van der Waals surface area contributed by atoms with Crippen LogP contribution in [0.1, 0.15) is 52.9 Å². The Kier molecular flexibility index (Phi) is 4.23. The molecule has 0 aromatic carbocycles. The third-order valence-electron chi connectivity index (χ3n) is 3.96. The van der Waals surface area contributed by atoms with Crippen molar-refractivity contribution in [3.63, 3.8) is 0 Å². The van der Waals surface area contributed by atoms with E-state index in [0.717, 1.165) is 17.9 Å². The van der Waals surface area contributed by atoms with Gasteiger partial charge in [0.15, 0.2) is 0 Å². The van der Waals surface area contributed by atoms with E-state index < -0.39 is 0 Å². The van der Waals surface area contributed by atoms with Gasteiger partial charge < -0.3 is 5.32 Å². The van der Waals surface area contributed by atoms with Crippen LogP contribution in [-0.2, 0) is 21.1 Å². The van der Waals surface area contributed by atoms with E-state index in [4.69, 9.17) is 0 Å². The summed E-state index contributed by atoms with van der Waals surface area (Å²) in [4.78, 5) is 0. The fourth-order valence-electron chi connectivity index (χ4n) is 3.54. The van der Waals surface area contributed by atoms with Crippen LogP contribution in [0.2, 0.25) is 0 Å². The maximum absolute atomic E-state index is 3.83. The first kappa shape index (κ1) is 12.7. The van der Waals surface area contributed by atoms with Crippen LogP contribution in [0.3, 0.4) is 0 Å². The summed E-state index contributed by atoms with van der Waals surface area (Å²) in [7, 11) is 0. The van der Waals surface area contributed by atoms with Crippen molar-refractivity contribution < 1.29 is 21.1 Å². The van der Waals surface area contributed by atoms with Gasteiger partial charge in [-0.3, -0.25) is 0 Å². The molecule has 0 amide bonds. The summed E-state index contributed by atoms with van der Waals surface area (Å²) in [5.41, 5.74) is 0.387. The predicted octanol–water partition coefficient (Wildman–Crippen LogP) is 2.95. The van der Waals surface area contributed by atoms with E-state index in [9.17, 15) is 0 Å². The van der Waals surface area contributed by atoms with E-state index in [2.05, 4.69) is 26.1 Å². The van der Waals surface area contributed by atoms with E-state index in [-0.39, 0.29) is 21.1 Å². The molecule has 1 aliphatic carbocycles. The van der Waals surface area contributed by atoms with Gasteiger partial charge in [0.05, 0.1) is 0 Å². The van der Waals surface area contributed by atoms with E-state index >= 15 is 0 Å². The summed E-state index contributed by atoms with van der Waals surface area (Å²) in [6.07, 6.45) is 7.14. The maximum atomic E-state index is 3.83. The molecule has 0 spiro atoms. The molecule has 0 bridgehead atoms. The first-order valence-electron chi connectivity index (χ1n) is 5.86. The zero-order valence-corrected chi connectivity index (χ0v) is 11.7. The quantitative estimate of drug-likeness (QED) is 0.671. The molecular formula is C12H23MoN. The van der Waals surface area contributed by atoms with Crippen LogP contribution in [-0.4, -0.2) is 11.6 Å². The molecule has 3 unspecified atom stereocenters. The first-order valence-corrected chi connectivity index (χ1v) is 5.86. The molecule has 2 rings (SSSR count). The normalized spacial score (nSPS) is 40.9. The van der Waals surface area contributed by atoms with Gasteiger partial charge in [0.25, 0.3) is 0 Å². The maximum Gasteiger partial charge on any atom is 0.0130 e. The van der Waals surface area contributed by atoms with Crippen molar-refractivity contribution in [2.75, 3.05) is 0 Å². The summed E-state index contributed by atoms with van der Waals surface area (Å²) in [6, 6.07) is 0.826. The number of rotatable bonds is 0. The molecule has 1 heterocycles. The molecule has 2 aliphatic rings. The van der Waals surface area contributed by atoms with Crippen LogP contribution >= 0.6 is 0 Å². The second kappa shape index (κ2) is 4.66. The Labute approximate surface area is 103 Å². The number of fused-ring (bicyclic) bond motifs is 1. The molecule has 14 heavy (non-hydrogen) atoms. The molecule has 0 radical (unpaired) electrons. The van der Waals surface area contributed by atoms with E-state index in [1.807, 2.05) is 0 Å². The van der Waals surface area contributed by atoms with Crippen LogP contribution in [0.15, 0.2) is 0 Å². The zero-order chi connectivity index (χ0) is 9.47. The van der Waals surface area contributed by atoms with Crippen LogP contribution in [0, 0.1) is 11.8 Å². The third kappa shape index (κ3) is 2.61. The molecular weight excluding hydrogens is 254 g/mol. The van der Waals surface area contributed by atoms with Crippen molar-refractivity contribution >= 4 is 0 Å². The van der Waals surface area contributed by atoms with Gasteiger partial charge in [-0.1, -0.05) is 19.8 Å². The van der Waals surface area contributed by atoms with Gasteiger partial charge in [-0.2, -0.15) is 0 Å². The van der Waals surface area contributed by atoms with Gasteiger partial charge in [0.2, 0.25) is 0 Å². The summed E-state index contributed by atoms with van der Waals surface area (Å²) in [5.74, 6) is 1.91. The standard InChI is InChI=1S/C12H23N.Mo/c1-9-8-12(2,3)13-11-7-5-4-6-10(9)11;/h9-11,13H,4-8H2,1-3H3;. The fraction of sp³-hybridized carbons (Fsp3) is 1.00. The number of hydrogen-bond acceptors (Lipinski definition) is 1. The van der Waals surface area contributed by atoms with Gasteiger partial charge in [0, 0.05) is 32.6 Å². The minimum Gasteiger partial charge on any atom is -0.309 e. The molecule has 1 N–H and O–H groups in total. The summed E-state index contributed by atoms with van der Waals surface area (Å²) >= 11 is 0. The van der Waals surface area contributed by atoms with E-state index in [1.54, 1.807) is 0 Å². The topological polar surface area (TPSA) is 12.0 Å². The Balaban J connectivity index is 0.000000980. The predicted molar refractivity (Wildman–Crippen MR) is 56.7 cm³/mol. The minimum atomic E-state index is 0. The molecule has 1 saturated heterocycles.